The van der Waals surface area contributed by atoms with E-state index in [9.17, 15) is 23.9 Å². The second kappa shape index (κ2) is 7.04. The van der Waals surface area contributed by atoms with Crippen LogP contribution in [0.25, 0.3) is 0 Å². The maximum absolute atomic E-state index is 14.1. The van der Waals surface area contributed by atoms with Gasteiger partial charge < -0.3 is 15.3 Å². The van der Waals surface area contributed by atoms with E-state index in [0.29, 0.717) is 25.1 Å². The fourth-order valence-corrected chi connectivity index (χ4v) is 3.30. The number of allylic oxidation sites excluding steroid dienone is 2. The van der Waals surface area contributed by atoms with Crippen LogP contribution in [-0.2, 0) is 14.4 Å². The summed E-state index contributed by atoms with van der Waals surface area (Å²) in [6.07, 6.45) is 5.27. The molecule has 0 radical (unpaired) electrons. The Morgan fingerprint density at radius 2 is 1.92 bits per heavy atom. The number of anilines is 2. The van der Waals surface area contributed by atoms with Gasteiger partial charge in [0.25, 0.3) is 0 Å². The summed E-state index contributed by atoms with van der Waals surface area (Å²) < 4.78 is 14.1. The minimum absolute atomic E-state index is 0.0350. The van der Waals surface area contributed by atoms with Gasteiger partial charge in [-0.25, -0.2) is 4.39 Å². The van der Waals surface area contributed by atoms with Crippen LogP contribution in [0.1, 0.15) is 25.7 Å². The number of nitrogens with one attached hydrogen (secondary N) is 1. The highest BCUT2D eigenvalue weighted by Gasteiger charge is 2.34. The number of aliphatic carboxylic acids is 1. The SMILES string of the molecule is O=C(O)C1CC=CCC1C(=O)Nc1cc(N2CCCC2=O)ccc1F. The largest absolute Gasteiger partial charge is 0.481 e. The second-order valence-corrected chi connectivity index (χ2v) is 6.30. The number of nitrogens with zero attached hydrogens (tertiary/aromatic N) is 1. The Bertz CT molecular complexity index is 747. The molecule has 0 aromatic heterocycles. The van der Waals surface area contributed by atoms with Gasteiger partial charge in [-0.05, 0) is 37.5 Å². The first-order chi connectivity index (χ1) is 12.0. The molecule has 7 heteroatoms. The zero-order chi connectivity index (χ0) is 18.0. The summed E-state index contributed by atoms with van der Waals surface area (Å²) in [4.78, 5) is 37.2. The minimum Gasteiger partial charge on any atom is -0.481 e. The average molecular weight is 346 g/mol. The minimum atomic E-state index is -1.04. The van der Waals surface area contributed by atoms with Crippen molar-refractivity contribution in [2.24, 2.45) is 11.8 Å². The molecule has 2 N–H and O–H groups in total. The molecule has 1 aliphatic carbocycles. The van der Waals surface area contributed by atoms with Crippen molar-refractivity contribution in [2.75, 3.05) is 16.8 Å². The van der Waals surface area contributed by atoms with Crippen LogP contribution in [0.3, 0.4) is 0 Å². The number of rotatable bonds is 4. The van der Waals surface area contributed by atoms with E-state index in [4.69, 9.17) is 0 Å². The maximum Gasteiger partial charge on any atom is 0.307 e. The summed E-state index contributed by atoms with van der Waals surface area (Å²) in [5.41, 5.74) is 0.485. The molecule has 6 nitrogen and oxygen atoms in total. The van der Waals surface area contributed by atoms with Gasteiger partial charge in [0.1, 0.15) is 5.82 Å². The molecule has 2 amide bonds. The molecule has 25 heavy (non-hydrogen) atoms. The van der Waals surface area contributed by atoms with Crippen LogP contribution >= 0.6 is 0 Å². The lowest BCUT2D eigenvalue weighted by molar-refractivity contribution is -0.146. The second-order valence-electron chi connectivity index (χ2n) is 6.30. The molecule has 132 valence electrons. The fourth-order valence-electron chi connectivity index (χ4n) is 3.30. The predicted molar refractivity (Wildman–Crippen MR) is 89.6 cm³/mol. The smallest absolute Gasteiger partial charge is 0.307 e. The first-order valence-electron chi connectivity index (χ1n) is 8.26. The summed E-state index contributed by atoms with van der Waals surface area (Å²) >= 11 is 0. The van der Waals surface area contributed by atoms with E-state index >= 15 is 0 Å². The van der Waals surface area contributed by atoms with Crippen molar-refractivity contribution >= 4 is 29.2 Å². The summed E-state index contributed by atoms with van der Waals surface area (Å²) in [7, 11) is 0. The third-order valence-corrected chi connectivity index (χ3v) is 4.68. The van der Waals surface area contributed by atoms with Gasteiger partial charge in [0, 0.05) is 18.7 Å². The number of hydrogen-bond acceptors (Lipinski definition) is 3. The molecule has 1 fully saturated rings. The molecule has 2 unspecified atom stereocenters. The van der Waals surface area contributed by atoms with Gasteiger partial charge in [-0.3, -0.25) is 14.4 Å². The summed E-state index contributed by atoms with van der Waals surface area (Å²) in [6.45, 7) is 0.562. The first-order valence-corrected chi connectivity index (χ1v) is 8.26. The Morgan fingerprint density at radius 1 is 1.20 bits per heavy atom. The van der Waals surface area contributed by atoms with E-state index in [0.717, 1.165) is 6.42 Å². The lowest BCUT2D eigenvalue weighted by Gasteiger charge is -2.24. The van der Waals surface area contributed by atoms with Crippen LogP contribution in [0.2, 0.25) is 0 Å². The molecule has 1 aromatic carbocycles. The number of carboxylic acids is 1. The summed E-state index contributed by atoms with van der Waals surface area (Å²) in [6, 6.07) is 4.12. The van der Waals surface area contributed by atoms with Gasteiger partial charge in [0.05, 0.1) is 17.5 Å². The van der Waals surface area contributed by atoms with Crippen LogP contribution < -0.4 is 10.2 Å². The molecule has 1 aromatic rings. The van der Waals surface area contributed by atoms with Crippen LogP contribution in [0, 0.1) is 17.7 Å². The quantitative estimate of drug-likeness (QED) is 0.821. The highest BCUT2D eigenvalue weighted by Crippen LogP contribution is 2.30. The summed E-state index contributed by atoms with van der Waals surface area (Å²) in [5, 5.41) is 11.8. The first kappa shape index (κ1) is 17.1. The van der Waals surface area contributed by atoms with Crippen molar-refractivity contribution in [3.8, 4) is 0 Å². The van der Waals surface area contributed by atoms with Crippen molar-refractivity contribution in [3.05, 3.63) is 36.2 Å². The normalized spacial score (nSPS) is 22.9. The van der Waals surface area contributed by atoms with Crippen molar-refractivity contribution < 1.29 is 23.9 Å². The zero-order valence-electron chi connectivity index (χ0n) is 13.6. The molecular formula is C18H19FN2O4. The Kier molecular flexibility index (Phi) is 4.83. The van der Waals surface area contributed by atoms with Crippen molar-refractivity contribution in [3.63, 3.8) is 0 Å². The zero-order valence-corrected chi connectivity index (χ0v) is 13.6. The van der Waals surface area contributed by atoms with E-state index < -0.39 is 29.5 Å². The molecule has 3 rings (SSSR count). The number of amides is 2. The Balaban J connectivity index is 1.79. The van der Waals surface area contributed by atoms with Crippen molar-refractivity contribution in [2.45, 2.75) is 25.7 Å². The predicted octanol–water partition coefficient (Wildman–Crippen LogP) is 2.56. The monoisotopic (exact) mass is 346 g/mol. The van der Waals surface area contributed by atoms with E-state index in [1.54, 1.807) is 17.1 Å². The Hall–Kier alpha value is -2.70. The van der Waals surface area contributed by atoms with E-state index in [1.165, 1.54) is 18.2 Å². The number of benzene rings is 1. The molecule has 0 saturated carbocycles. The van der Waals surface area contributed by atoms with Crippen LogP contribution in [0.5, 0.6) is 0 Å². The van der Waals surface area contributed by atoms with Gasteiger partial charge in [0.2, 0.25) is 11.8 Å². The van der Waals surface area contributed by atoms with Gasteiger partial charge in [-0.2, -0.15) is 0 Å². The van der Waals surface area contributed by atoms with Gasteiger partial charge in [0.15, 0.2) is 0 Å². The number of halogens is 1. The van der Waals surface area contributed by atoms with Crippen LogP contribution in [0.15, 0.2) is 30.4 Å². The van der Waals surface area contributed by atoms with Gasteiger partial charge in [-0.15, -0.1) is 0 Å². The highest BCUT2D eigenvalue weighted by atomic mass is 19.1. The lowest BCUT2D eigenvalue weighted by atomic mass is 9.82. The Labute approximate surface area is 144 Å². The molecule has 1 aliphatic heterocycles. The number of carboxylic acid groups (broad SMARTS) is 1. The van der Waals surface area contributed by atoms with Crippen molar-refractivity contribution in [1.29, 1.82) is 0 Å². The molecule has 1 heterocycles. The molecule has 0 bridgehead atoms. The van der Waals surface area contributed by atoms with E-state index in [-0.39, 0.29) is 18.0 Å². The number of carbonyl (C=O) groups excluding carboxylic acids is 2. The molecule has 1 saturated heterocycles. The van der Waals surface area contributed by atoms with Crippen LogP contribution in [-0.4, -0.2) is 29.4 Å². The fraction of sp³-hybridized carbons (Fsp3) is 0.389. The van der Waals surface area contributed by atoms with E-state index in [2.05, 4.69) is 5.32 Å². The summed E-state index contributed by atoms with van der Waals surface area (Å²) in [5.74, 6) is -3.80. The molecule has 0 spiro atoms. The molecule has 2 aliphatic rings. The van der Waals surface area contributed by atoms with Crippen molar-refractivity contribution in [1.82, 2.24) is 0 Å². The maximum atomic E-state index is 14.1. The molecular weight excluding hydrogens is 327 g/mol. The van der Waals surface area contributed by atoms with Gasteiger partial charge >= 0.3 is 5.97 Å². The third kappa shape index (κ3) is 3.55. The molecule has 2 atom stereocenters. The van der Waals surface area contributed by atoms with E-state index in [1.807, 2.05) is 0 Å². The number of hydrogen-bond donors (Lipinski definition) is 2. The van der Waals surface area contributed by atoms with Gasteiger partial charge in [-0.1, -0.05) is 12.2 Å². The number of carbonyl (C=O) groups is 3. The highest BCUT2D eigenvalue weighted by molar-refractivity contribution is 5.98. The standard InChI is InChI=1S/C18H19FN2O4/c19-14-8-7-11(21-9-3-6-16(21)22)10-15(14)20-17(23)12-4-1-2-5-13(12)18(24)25/h1-2,7-8,10,12-13H,3-6,9H2,(H,20,23)(H,24,25). The van der Waals surface area contributed by atoms with Crippen LogP contribution in [0.4, 0.5) is 15.8 Å². The third-order valence-electron chi connectivity index (χ3n) is 4.68. The lowest BCUT2D eigenvalue weighted by Crippen LogP contribution is -2.35. The topological polar surface area (TPSA) is 86.7 Å². The Morgan fingerprint density at radius 3 is 2.56 bits per heavy atom. The average Bonchev–Trinajstić information content (AvgIpc) is 3.02.